The largest absolute Gasteiger partial charge is 0.504 e. The van der Waals surface area contributed by atoms with Gasteiger partial charge in [0.15, 0.2) is 11.5 Å². The van der Waals surface area contributed by atoms with E-state index in [1.54, 1.807) is 6.07 Å². The van der Waals surface area contributed by atoms with Crippen LogP contribution in [-0.2, 0) is 16.0 Å². The summed E-state index contributed by atoms with van der Waals surface area (Å²) < 4.78 is 4.78. The molecule has 0 heterocycles. The lowest BCUT2D eigenvalue weighted by Gasteiger charge is -2.07. The highest BCUT2D eigenvalue weighted by Crippen LogP contribution is 2.26. The van der Waals surface area contributed by atoms with Crippen molar-refractivity contribution in [3.63, 3.8) is 0 Å². The van der Waals surface area contributed by atoms with Gasteiger partial charge in [-0.3, -0.25) is 9.59 Å². The minimum absolute atomic E-state index is 0.0828. The number of hydrogen-bond acceptors (Lipinski definition) is 4. The van der Waals surface area contributed by atoms with Crippen molar-refractivity contribution in [1.29, 1.82) is 0 Å². The number of rotatable bonds is 4. The topological polar surface area (TPSA) is 75.6 Å². The molecule has 0 unspecified atom stereocenters. The number of nitrogens with one attached hydrogen (secondary N) is 1. The summed E-state index contributed by atoms with van der Waals surface area (Å²) >= 11 is 0. The van der Waals surface area contributed by atoms with Crippen molar-refractivity contribution >= 4 is 11.9 Å². The molecule has 92 valence electrons. The van der Waals surface area contributed by atoms with Crippen LogP contribution in [0, 0.1) is 0 Å². The molecule has 0 aliphatic rings. The van der Waals surface area contributed by atoms with Gasteiger partial charge in [-0.15, -0.1) is 0 Å². The first-order valence-electron chi connectivity index (χ1n) is 5.24. The Hall–Kier alpha value is -2.04. The van der Waals surface area contributed by atoms with Crippen LogP contribution in [0.1, 0.15) is 19.4 Å². The molecule has 0 aromatic heterocycles. The van der Waals surface area contributed by atoms with Gasteiger partial charge < -0.3 is 15.2 Å². The zero-order valence-corrected chi connectivity index (χ0v) is 9.82. The molecule has 0 saturated heterocycles. The molecule has 2 N–H and O–H groups in total. The van der Waals surface area contributed by atoms with Crippen LogP contribution < -0.4 is 10.1 Å². The van der Waals surface area contributed by atoms with Crippen LogP contribution in [0.15, 0.2) is 18.2 Å². The predicted octanol–water partition coefficient (Wildman–Crippen LogP) is 0.996. The maximum Gasteiger partial charge on any atom is 0.308 e. The first-order valence-corrected chi connectivity index (χ1v) is 5.24. The quantitative estimate of drug-likeness (QED) is 0.605. The maximum absolute atomic E-state index is 10.7. The van der Waals surface area contributed by atoms with Crippen molar-refractivity contribution in [2.45, 2.75) is 20.3 Å². The molecule has 5 nitrogen and oxygen atoms in total. The molecular weight excluding hydrogens is 222 g/mol. The number of carbonyl (C=O) groups is 2. The van der Waals surface area contributed by atoms with Crippen LogP contribution in [0.5, 0.6) is 11.5 Å². The van der Waals surface area contributed by atoms with Gasteiger partial charge in [0.25, 0.3) is 0 Å². The van der Waals surface area contributed by atoms with Crippen molar-refractivity contribution in [3.05, 3.63) is 23.8 Å². The average molecular weight is 237 g/mol. The van der Waals surface area contributed by atoms with Gasteiger partial charge in [-0.25, -0.2) is 0 Å². The molecule has 0 atom stereocenters. The first kappa shape index (κ1) is 13.0. The van der Waals surface area contributed by atoms with Crippen LogP contribution in [0.4, 0.5) is 0 Å². The fourth-order valence-electron chi connectivity index (χ4n) is 1.34. The second-order valence-electron chi connectivity index (χ2n) is 3.63. The Morgan fingerprint density at radius 2 is 2.06 bits per heavy atom. The van der Waals surface area contributed by atoms with Gasteiger partial charge >= 0.3 is 5.97 Å². The number of esters is 1. The lowest BCUT2D eigenvalue weighted by Crippen LogP contribution is -2.22. The summed E-state index contributed by atoms with van der Waals surface area (Å²) in [5.41, 5.74) is 0.854. The van der Waals surface area contributed by atoms with E-state index in [0.717, 1.165) is 5.56 Å². The summed E-state index contributed by atoms with van der Waals surface area (Å²) in [7, 11) is 0. The SMILES string of the molecule is CC(=O)NCCc1ccc(OC(C)=O)c(O)c1. The third-order valence-corrected chi connectivity index (χ3v) is 2.06. The average Bonchev–Trinajstić information content (AvgIpc) is 2.21. The third-order valence-electron chi connectivity index (χ3n) is 2.06. The fourth-order valence-corrected chi connectivity index (χ4v) is 1.34. The smallest absolute Gasteiger partial charge is 0.308 e. The van der Waals surface area contributed by atoms with Crippen molar-refractivity contribution in [2.24, 2.45) is 0 Å². The van der Waals surface area contributed by atoms with Crippen LogP contribution in [0.3, 0.4) is 0 Å². The molecule has 1 amide bonds. The Kier molecular flexibility index (Phi) is 4.51. The molecular formula is C12H15NO4. The number of hydrogen-bond donors (Lipinski definition) is 2. The molecule has 17 heavy (non-hydrogen) atoms. The molecule has 0 spiro atoms. The summed E-state index contributed by atoms with van der Waals surface area (Å²) in [5.74, 6) is -0.515. The number of carbonyl (C=O) groups excluding carboxylic acids is 2. The van der Waals surface area contributed by atoms with Crippen LogP contribution in [0.2, 0.25) is 0 Å². The highest BCUT2D eigenvalue weighted by atomic mass is 16.5. The second-order valence-corrected chi connectivity index (χ2v) is 3.63. The molecule has 0 bridgehead atoms. The zero-order chi connectivity index (χ0) is 12.8. The van der Waals surface area contributed by atoms with Crippen LogP contribution >= 0.6 is 0 Å². The Morgan fingerprint density at radius 1 is 1.35 bits per heavy atom. The standard InChI is InChI=1S/C12H15NO4/c1-8(14)13-6-5-10-3-4-12(11(16)7-10)17-9(2)15/h3-4,7,16H,5-6H2,1-2H3,(H,13,14). The van der Waals surface area contributed by atoms with Gasteiger partial charge in [0.2, 0.25) is 5.91 Å². The molecule has 1 rings (SSSR count). The molecule has 0 aliphatic heterocycles. The fraction of sp³-hybridized carbons (Fsp3) is 0.333. The van der Waals surface area contributed by atoms with E-state index in [-0.39, 0.29) is 17.4 Å². The summed E-state index contributed by atoms with van der Waals surface area (Å²) in [4.78, 5) is 21.4. The van der Waals surface area contributed by atoms with Crippen LogP contribution in [0.25, 0.3) is 0 Å². The van der Waals surface area contributed by atoms with Gasteiger partial charge in [0.1, 0.15) is 0 Å². The number of phenolic OH excluding ortho intramolecular Hbond substituents is 1. The van der Waals surface area contributed by atoms with E-state index < -0.39 is 5.97 Å². The first-order chi connectivity index (χ1) is 7.99. The maximum atomic E-state index is 10.7. The van der Waals surface area contributed by atoms with Crippen molar-refractivity contribution in [3.8, 4) is 11.5 Å². The van der Waals surface area contributed by atoms with Crippen molar-refractivity contribution < 1.29 is 19.4 Å². The molecule has 1 aromatic carbocycles. The number of ether oxygens (including phenoxy) is 1. The van der Waals surface area contributed by atoms with E-state index in [0.29, 0.717) is 13.0 Å². The van der Waals surface area contributed by atoms with E-state index in [1.165, 1.54) is 26.0 Å². The van der Waals surface area contributed by atoms with Crippen molar-refractivity contribution in [1.82, 2.24) is 5.32 Å². The van der Waals surface area contributed by atoms with Gasteiger partial charge in [0, 0.05) is 20.4 Å². The highest BCUT2D eigenvalue weighted by molar-refractivity contribution is 5.72. The van der Waals surface area contributed by atoms with E-state index in [9.17, 15) is 14.7 Å². The molecule has 5 heteroatoms. The predicted molar refractivity (Wildman–Crippen MR) is 61.8 cm³/mol. The Labute approximate surface area is 99.4 Å². The molecule has 1 aromatic rings. The van der Waals surface area contributed by atoms with E-state index in [2.05, 4.69) is 5.32 Å². The lowest BCUT2D eigenvalue weighted by molar-refractivity contribution is -0.132. The number of benzene rings is 1. The number of phenols is 1. The minimum atomic E-state index is -0.480. The van der Waals surface area contributed by atoms with E-state index >= 15 is 0 Å². The number of aromatic hydroxyl groups is 1. The zero-order valence-electron chi connectivity index (χ0n) is 9.82. The molecule has 0 aliphatic carbocycles. The Morgan fingerprint density at radius 3 is 2.59 bits per heavy atom. The monoisotopic (exact) mass is 237 g/mol. The number of amides is 1. The minimum Gasteiger partial charge on any atom is -0.504 e. The van der Waals surface area contributed by atoms with Gasteiger partial charge in [0.05, 0.1) is 0 Å². The Bertz CT molecular complexity index is 429. The lowest BCUT2D eigenvalue weighted by atomic mass is 10.1. The van der Waals surface area contributed by atoms with Crippen molar-refractivity contribution in [2.75, 3.05) is 6.54 Å². The van der Waals surface area contributed by atoms with Gasteiger partial charge in [-0.1, -0.05) is 6.07 Å². The summed E-state index contributed by atoms with van der Waals surface area (Å²) in [5, 5.41) is 12.2. The molecule has 0 radical (unpaired) electrons. The third kappa shape index (κ3) is 4.55. The molecule has 0 saturated carbocycles. The van der Waals surface area contributed by atoms with Crippen LogP contribution in [-0.4, -0.2) is 23.5 Å². The molecule has 0 fully saturated rings. The van der Waals surface area contributed by atoms with Gasteiger partial charge in [-0.2, -0.15) is 0 Å². The van der Waals surface area contributed by atoms with E-state index in [1.807, 2.05) is 0 Å². The highest BCUT2D eigenvalue weighted by Gasteiger charge is 2.06. The van der Waals surface area contributed by atoms with Gasteiger partial charge in [-0.05, 0) is 24.1 Å². The summed E-state index contributed by atoms with van der Waals surface area (Å²) in [6.07, 6.45) is 0.605. The summed E-state index contributed by atoms with van der Waals surface area (Å²) in [6.45, 7) is 3.22. The summed E-state index contributed by atoms with van der Waals surface area (Å²) in [6, 6.07) is 4.78. The second kappa shape index (κ2) is 5.89. The Balaban J connectivity index is 2.62. The van der Waals surface area contributed by atoms with E-state index in [4.69, 9.17) is 4.74 Å². The normalized spacial score (nSPS) is 9.76.